The molecule has 4 nitrogen and oxygen atoms in total. The molecule has 0 unspecified atom stereocenters. The maximum Gasteiger partial charge on any atom is 0.119 e. The Morgan fingerprint density at radius 2 is 2.11 bits per heavy atom. The number of benzene rings is 1. The van der Waals surface area contributed by atoms with Crippen LogP contribution in [0.4, 0.5) is 0 Å². The van der Waals surface area contributed by atoms with Crippen molar-refractivity contribution in [1.82, 2.24) is 9.78 Å². The van der Waals surface area contributed by atoms with E-state index in [9.17, 15) is 0 Å². The fourth-order valence-corrected chi connectivity index (χ4v) is 2.16. The third kappa shape index (κ3) is 2.11. The van der Waals surface area contributed by atoms with Crippen LogP contribution >= 0.6 is 0 Å². The van der Waals surface area contributed by atoms with Crippen LogP contribution in [0.5, 0.6) is 5.75 Å². The van der Waals surface area contributed by atoms with Crippen molar-refractivity contribution in [2.75, 3.05) is 7.11 Å². The van der Waals surface area contributed by atoms with Gasteiger partial charge in [-0.1, -0.05) is 6.07 Å². The van der Waals surface area contributed by atoms with Gasteiger partial charge >= 0.3 is 0 Å². The lowest BCUT2D eigenvalue weighted by Gasteiger charge is -2.10. The molecule has 0 aliphatic rings. The topological polar surface area (TPSA) is 53.1 Å². The van der Waals surface area contributed by atoms with Gasteiger partial charge in [-0.3, -0.25) is 4.68 Å². The molecule has 0 aliphatic heterocycles. The molecule has 0 atom stereocenters. The standard InChI is InChI=1S/C14H19N3O/c1-4-17-10(2)14(9-16-17)13-6-5-12(18-3)7-11(13)8-15/h5-7,9H,4,8,15H2,1-3H3. The molecule has 0 spiro atoms. The molecule has 0 saturated heterocycles. The van der Waals surface area contributed by atoms with Crippen LogP contribution in [0.1, 0.15) is 18.2 Å². The fraction of sp³-hybridized carbons (Fsp3) is 0.357. The number of hydrogen-bond donors (Lipinski definition) is 1. The number of ether oxygens (including phenoxy) is 1. The van der Waals surface area contributed by atoms with E-state index >= 15 is 0 Å². The molecule has 0 fully saturated rings. The summed E-state index contributed by atoms with van der Waals surface area (Å²) in [6, 6.07) is 5.99. The Labute approximate surface area is 107 Å². The second-order valence-electron chi connectivity index (χ2n) is 4.19. The molecule has 4 heteroatoms. The first-order valence-corrected chi connectivity index (χ1v) is 6.11. The molecule has 1 aromatic carbocycles. The number of nitrogens with two attached hydrogens (primary N) is 1. The second kappa shape index (κ2) is 5.23. The van der Waals surface area contributed by atoms with Crippen LogP contribution in [-0.4, -0.2) is 16.9 Å². The summed E-state index contributed by atoms with van der Waals surface area (Å²) >= 11 is 0. The van der Waals surface area contributed by atoms with E-state index in [0.717, 1.165) is 34.7 Å². The molecule has 0 aliphatic carbocycles. The number of methoxy groups -OCH3 is 1. The first-order valence-electron chi connectivity index (χ1n) is 6.11. The third-order valence-electron chi connectivity index (χ3n) is 3.23. The number of aromatic nitrogens is 2. The van der Waals surface area contributed by atoms with Gasteiger partial charge in [-0.15, -0.1) is 0 Å². The predicted molar refractivity (Wildman–Crippen MR) is 72.5 cm³/mol. The van der Waals surface area contributed by atoms with Crippen molar-refractivity contribution in [2.24, 2.45) is 5.73 Å². The van der Waals surface area contributed by atoms with Crippen LogP contribution in [0.2, 0.25) is 0 Å². The molecule has 0 bridgehead atoms. The van der Waals surface area contributed by atoms with Gasteiger partial charge < -0.3 is 10.5 Å². The molecule has 1 heterocycles. The Kier molecular flexibility index (Phi) is 3.67. The average Bonchev–Trinajstić information content (AvgIpc) is 2.78. The molecule has 2 aromatic rings. The lowest BCUT2D eigenvalue weighted by atomic mass is 10.00. The highest BCUT2D eigenvalue weighted by Gasteiger charge is 2.11. The Hall–Kier alpha value is -1.81. The Morgan fingerprint density at radius 3 is 2.67 bits per heavy atom. The number of aryl methyl sites for hydroxylation is 1. The molecular formula is C14H19N3O. The van der Waals surface area contributed by atoms with E-state index < -0.39 is 0 Å². The van der Waals surface area contributed by atoms with Crippen molar-refractivity contribution in [3.63, 3.8) is 0 Å². The smallest absolute Gasteiger partial charge is 0.119 e. The second-order valence-corrected chi connectivity index (χ2v) is 4.19. The van der Waals surface area contributed by atoms with Crippen molar-refractivity contribution in [3.8, 4) is 16.9 Å². The van der Waals surface area contributed by atoms with Crippen LogP contribution in [0.25, 0.3) is 11.1 Å². The Bertz CT molecular complexity index is 546. The molecule has 18 heavy (non-hydrogen) atoms. The van der Waals surface area contributed by atoms with Gasteiger partial charge in [0.15, 0.2) is 0 Å². The zero-order valence-electron chi connectivity index (χ0n) is 11.1. The summed E-state index contributed by atoms with van der Waals surface area (Å²) < 4.78 is 7.21. The SMILES string of the molecule is CCn1ncc(-c2ccc(OC)cc2CN)c1C. The van der Waals surface area contributed by atoms with Crippen molar-refractivity contribution >= 4 is 0 Å². The lowest BCUT2D eigenvalue weighted by Crippen LogP contribution is -2.01. The molecule has 2 rings (SSSR count). The molecule has 96 valence electrons. The van der Waals surface area contributed by atoms with Crippen molar-refractivity contribution in [2.45, 2.75) is 26.9 Å². The van der Waals surface area contributed by atoms with Gasteiger partial charge in [0, 0.05) is 24.3 Å². The van der Waals surface area contributed by atoms with Crippen molar-refractivity contribution < 1.29 is 4.74 Å². The summed E-state index contributed by atoms with van der Waals surface area (Å²) in [5, 5.41) is 4.37. The van der Waals surface area contributed by atoms with Crippen LogP contribution < -0.4 is 10.5 Å². The third-order valence-corrected chi connectivity index (χ3v) is 3.23. The van der Waals surface area contributed by atoms with Crippen LogP contribution in [0.3, 0.4) is 0 Å². The number of rotatable bonds is 4. The first-order chi connectivity index (χ1) is 8.71. The Balaban J connectivity index is 2.52. The zero-order chi connectivity index (χ0) is 13.1. The normalized spacial score (nSPS) is 10.7. The van der Waals surface area contributed by atoms with Crippen molar-refractivity contribution in [3.05, 3.63) is 35.7 Å². The minimum Gasteiger partial charge on any atom is -0.497 e. The van der Waals surface area contributed by atoms with Gasteiger partial charge in [-0.2, -0.15) is 5.10 Å². The minimum absolute atomic E-state index is 0.489. The molecule has 0 amide bonds. The molecule has 0 radical (unpaired) electrons. The maximum atomic E-state index is 5.82. The van der Waals surface area contributed by atoms with Gasteiger partial charge in [0.1, 0.15) is 5.75 Å². The summed E-state index contributed by atoms with van der Waals surface area (Å²) in [6.45, 7) is 5.53. The summed E-state index contributed by atoms with van der Waals surface area (Å²) in [5.41, 5.74) is 10.3. The molecule has 1 aromatic heterocycles. The van der Waals surface area contributed by atoms with Gasteiger partial charge in [0.05, 0.1) is 13.3 Å². The summed E-state index contributed by atoms with van der Waals surface area (Å²) in [4.78, 5) is 0. The van der Waals surface area contributed by atoms with E-state index in [2.05, 4.69) is 18.9 Å². The predicted octanol–water partition coefficient (Wildman–Crippen LogP) is 2.35. The monoisotopic (exact) mass is 245 g/mol. The van der Waals surface area contributed by atoms with E-state index in [4.69, 9.17) is 10.5 Å². The van der Waals surface area contributed by atoms with E-state index in [1.807, 2.05) is 29.1 Å². The summed E-state index contributed by atoms with van der Waals surface area (Å²) in [5.74, 6) is 0.833. The highest BCUT2D eigenvalue weighted by molar-refractivity contribution is 5.70. The highest BCUT2D eigenvalue weighted by atomic mass is 16.5. The van der Waals surface area contributed by atoms with E-state index in [1.165, 1.54) is 0 Å². The van der Waals surface area contributed by atoms with Crippen LogP contribution in [-0.2, 0) is 13.1 Å². The number of hydrogen-bond acceptors (Lipinski definition) is 3. The van der Waals surface area contributed by atoms with E-state index in [0.29, 0.717) is 6.54 Å². The highest BCUT2D eigenvalue weighted by Crippen LogP contribution is 2.29. The van der Waals surface area contributed by atoms with Crippen LogP contribution in [0, 0.1) is 6.92 Å². The molecular weight excluding hydrogens is 226 g/mol. The van der Waals surface area contributed by atoms with Crippen LogP contribution in [0.15, 0.2) is 24.4 Å². The number of nitrogens with zero attached hydrogens (tertiary/aromatic N) is 2. The largest absolute Gasteiger partial charge is 0.497 e. The summed E-state index contributed by atoms with van der Waals surface area (Å²) in [7, 11) is 1.66. The zero-order valence-corrected chi connectivity index (χ0v) is 11.1. The Morgan fingerprint density at radius 1 is 1.33 bits per heavy atom. The van der Waals surface area contributed by atoms with E-state index in [1.54, 1.807) is 7.11 Å². The van der Waals surface area contributed by atoms with Gasteiger partial charge in [0.2, 0.25) is 0 Å². The average molecular weight is 245 g/mol. The first kappa shape index (κ1) is 12.6. The van der Waals surface area contributed by atoms with Crippen molar-refractivity contribution in [1.29, 1.82) is 0 Å². The lowest BCUT2D eigenvalue weighted by molar-refractivity contribution is 0.414. The maximum absolute atomic E-state index is 5.82. The fourth-order valence-electron chi connectivity index (χ4n) is 2.16. The van der Waals surface area contributed by atoms with Gasteiger partial charge in [-0.05, 0) is 37.1 Å². The van der Waals surface area contributed by atoms with Gasteiger partial charge in [0.25, 0.3) is 0 Å². The summed E-state index contributed by atoms with van der Waals surface area (Å²) in [6.07, 6.45) is 1.90. The molecule has 0 saturated carbocycles. The quantitative estimate of drug-likeness (QED) is 0.899. The van der Waals surface area contributed by atoms with Gasteiger partial charge in [-0.25, -0.2) is 0 Å². The molecule has 2 N–H and O–H groups in total. The minimum atomic E-state index is 0.489. The van der Waals surface area contributed by atoms with E-state index in [-0.39, 0.29) is 0 Å².